The second-order valence-corrected chi connectivity index (χ2v) is 7.11. The van der Waals surface area contributed by atoms with E-state index in [9.17, 15) is 9.59 Å². The largest absolute Gasteiger partial charge is 0.497 e. The van der Waals surface area contributed by atoms with Crippen LogP contribution < -0.4 is 10.1 Å². The lowest BCUT2D eigenvalue weighted by Gasteiger charge is -2.31. The van der Waals surface area contributed by atoms with E-state index in [1.807, 2.05) is 61.5 Å². The van der Waals surface area contributed by atoms with Gasteiger partial charge in [0.25, 0.3) is 0 Å². The summed E-state index contributed by atoms with van der Waals surface area (Å²) in [4.78, 5) is 27.8. The van der Waals surface area contributed by atoms with E-state index in [1.165, 1.54) is 0 Å². The SMILES string of the molecule is CCCC(=O)N(Cc1ccc(OC)cc1)[C@H](Cc1ccccc1)C(=O)NCCOC. The van der Waals surface area contributed by atoms with Crippen LogP contribution in [0.5, 0.6) is 5.75 Å². The van der Waals surface area contributed by atoms with Crippen molar-refractivity contribution in [2.75, 3.05) is 27.4 Å². The summed E-state index contributed by atoms with van der Waals surface area (Å²) in [6.45, 7) is 3.15. The second-order valence-electron chi connectivity index (χ2n) is 7.11. The van der Waals surface area contributed by atoms with Crippen molar-refractivity contribution in [1.82, 2.24) is 10.2 Å². The van der Waals surface area contributed by atoms with Gasteiger partial charge < -0.3 is 19.7 Å². The first-order chi connectivity index (χ1) is 14.6. The summed E-state index contributed by atoms with van der Waals surface area (Å²) in [5, 5.41) is 2.91. The summed E-state index contributed by atoms with van der Waals surface area (Å²) in [7, 11) is 3.21. The third-order valence-corrected chi connectivity index (χ3v) is 4.85. The molecule has 0 heterocycles. The van der Waals surface area contributed by atoms with E-state index in [-0.39, 0.29) is 11.8 Å². The predicted molar refractivity (Wildman–Crippen MR) is 117 cm³/mol. The van der Waals surface area contributed by atoms with Gasteiger partial charge in [0.1, 0.15) is 11.8 Å². The van der Waals surface area contributed by atoms with E-state index in [1.54, 1.807) is 19.1 Å². The molecule has 2 aromatic rings. The number of nitrogens with one attached hydrogen (secondary N) is 1. The molecule has 2 rings (SSSR count). The van der Waals surface area contributed by atoms with Crippen LogP contribution in [0.1, 0.15) is 30.9 Å². The molecule has 1 atom stereocenters. The normalized spacial score (nSPS) is 11.6. The lowest BCUT2D eigenvalue weighted by atomic mass is 10.0. The van der Waals surface area contributed by atoms with Crippen molar-refractivity contribution < 1.29 is 19.1 Å². The first-order valence-corrected chi connectivity index (χ1v) is 10.3. The molecule has 0 bridgehead atoms. The minimum absolute atomic E-state index is 0.0314. The molecule has 0 spiro atoms. The van der Waals surface area contributed by atoms with Crippen LogP contribution in [-0.2, 0) is 27.3 Å². The highest BCUT2D eigenvalue weighted by Crippen LogP contribution is 2.18. The Morgan fingerprint density at radius 1 is 1.00 bits per heavy atom. The summed E-state index contributed by atoms with van der Waals surface area (Å²) in [5.74, 6) is 0.549. The van der Waals surface area contributed by atoms with E-state index in [0.29, 0.717) is 32.5 Å². The number of carbonyl (C=O) groups excluding carboxylic acids is 2. The maximum absolute atomic E-state index is 13.1. The maximum atomic E-state index is 13.1. The Kier molecular flexibility index (Phi) is 9.87. The van der Waals surface area contributed by atoms with Crippen molar-refractivity contribution >= 4 is 11.8 Å². The highest BCUT2D eigenvalue weighted by Gasteiger charge is 2.29. The molecule has 0 aliphatic carbocycles. The molecule has 6 heteroatoms. The third kappa shape index (κ3) is 7.19. The number of benzene rings is 2. The Morgan fingerprint density at radius 3 is 2.30 bits per heavy atom. The van der Waals surface area contributed by atoms with Gasteiger partial charge in [0.15, 0.2) is 0 Å². The highest BCUT2D eigenvalue weighted by molar-refractivity contribution is 5.88. The smallest absolute Gasteiger partial charge is 0.243 e. The molecule has 6 nitrogen and oxygen atoms in total. The average Bonchev–Trinajstić information content (AvgIpc) is 2.77. The van der Waals surface area contributed by atoms with E-state index in [4.69, 9.17) is 9.47 Å². The van der Waals surface area contributed by atoms with Crippen molar-refractivity contribution in [3.05, 3.63) is 65.7 Å². The number of carbonyl (C=O) groups is 2. The number of hydrogen-bond donors (Lipinski definition) is 1. The monoisotopic (exact) mass is 412 g/mol. The Bertz CT molecular complexity index is 778. The summed E-state index contributed by atoms with van der Waals surface area (Å²) in [6, 6.07) is 16.7. The predicted octanol–water partition coefficient (Wildman–Crippen LogP) is 3.20. The second kappa shape index (κ2) is 12.6. The Labute approximate surface area is 179 Å². The molecule has 0 aliphatic heterocycles. The van der Waals surface area contributed by atoms with Crippen LogP contribution in [0.2, 0.25) is 0 Å². The number of nitrogens with zero attached hydrogens (tertiary/aromatic N) is 1. The maximum Gasteiger partial charge on any atom is 0.243 e. The summed E-state index contributed by atoms with van der Waals surface area (Å²) < 4.78 is 10.3. The molecule has 0 radical (unpaired) electrons. The van der Waals surface area contributed by atoms with E-state index in [2.05, 4.69) is 5.32 Å². The lowest BCUT2D eigenvalue weighted by molar-refractivity contribution is -0.141. The molecular weight excluding hydrogens is 380 g/mol. The van der Waals surface area contributed by atoms with Crippen LogP contribution in [0.25, 0.3) is 0 Å². The number of rotatable bonds is 12. The molecule has 2 aromatic carbocycles. The van der Waals surface area contributed by atoms with Gasteiger partial charge in [-0.25, -0.2) is 0 Å². The van der Waals surface area contributed by atoms with Gasteiger partial charge >= 0.3 is 0 Å². The standard InChI is InChI=1S/C24H32N2O4/c1-4-8-23(27)26(18-20-11-13-21(30-3)14-12-20)22(24(28)25-15-16-29-2)17-19-9-6-5-7-10-19/h5-7,9-14,22H,4,8,15-18H2,1-3H3,(H,25,28)/t22-/m1/s1. The van der Waals surface area contributed by atoms with Crippen molar-refractivity contribution in [3.8, 4) is 5.75 Å². The fourth-order valence-corrected chi connectivity index (χ4v) is 3.23. The van der Waals surface area contributed by atoms with E-state index >= 15 is 0 Å². The molecule has 0 fully saturated rings. The van der Waals surface area contributed by atoms with Gasteiger partial charge in [-0.2, -0.15) is 0 Å². The zero-order valence-electron chi connectivity index (χ0n) is 18.1. The molecule has 0 saturated heterocycles. The number of amides is 2. The summed E-state index contributed by atoms with van der Waals surface area (Å²) in [6.07, 6.45) is 1.57. The highest BCUT2D eigenvalue weighted by atomic mass is 16.5. The molecule has 0 aromatic heterocycles. The van der Waals surface area contributed by atoms with Crippen molar-refractivity contribution in [3.63, 3.8) is 0 Å². The number of methoxy groups -OCH3 is 2. The van der Waals surface area contributed by atoms with Crippen LogP contribution in [0.15, 0.2) is 54.6 Å². The van der Waals surface area contributed by atoms with Gasteiger partial charge in [-0.05, 0) is 29.7 Å². The van der Waals surface area contributed by atoms with Gasteiger partial charge in [0.05, 0.1) is 13.7 Å². The Morgan fingerprint density at radius 2 is 1.70 bits per heavy atom. The van der Waals surface area contributed by atoms with Crippen LogP contribution in [0.4, 0.5) is 0 Å². The van der Waals surface area contributed by atoms with Crippen LogP contribution in [0.3, 0.4) is 0 Å². The fraction of sp³-hybridized carbons (Fsp3) is 0.417. The minimum atomic E-state index is -0.606. The first kappa shape index (κ1) is 23.4. The van der Waals surface area contributed by atoms with E-state index < -0.39 is 6.04 Å². The van der Waals surface area contributed by atoms with Crippen molar-refractivity contribution in [2.24, 2.45) is 0 Å². The molecular formula is C24H32N2O4. The Hall–Kier alpha value is -2.86. The van der Waals surface area contributed by atoms with Crippen LogP contribution >= 0.6 is 0 Å². The Balaban J connectivity index is 2.30. The lowest BCUT2D eigenvalue weighted by Crippen LogP contribution is -2.51. The minimum Gasteiger partial charge on any atom is -0.497 e. The van der Waals surface area contributed by atoms with Gasteiger partial charge in [-0.3, -0.25) is 9.59 Å². The number of ether oxygens (including phenoxy) is 2. The third-order valence-electron chi connectivity index (χ3n) is 4.85. The van der Waals surface area contributed by atoms with E-state index in [0.717, 1.165) is 23.3 Å². The molecule has 0 unspecified atom stereocenters. The molecule has 0 aliphatic rings. The first-order valence-electron chi connectivity index (χ1n) is 10.3. The molecule has 2 amide bonds. The average molecular weight is 413 g/mol. The van der Waals surface area contributed by atoms with Crippen molar-refractivity contribution in [2.45, 2.75) is 38.8 Å². The fourth-order valence-electron chi connectivity index (χ4n) is 3.23. The topological polar surface area (TPSA) is 67.9 Å². The van der Waals surface area contributed by atoms with Crippen molar-refractivity contribution in [1.29, 1.82) is 0 Å². The zero-order chi connectivity index (χ0) is 21.8. The number of hydrogen-bond acceptors (Lipinski definition) is 4. The zero-order valence-corrected chi connectivity index (χ0v) is 18.1. The molecule has 30 heavy (non-hydrogen) atoms. The van der Waals surface area contributed by atoms with Gasteiger partial charge in [0.2, 0.25) is 11.8 Å². The van der Waals surface area contributed by atoms with Crippen LogP contribution in [0, 0.1) is 0 Å². The van der Waals surface area contributed by atoms with Gasteiger partial charge in [0, 0.05) is 33.0 Å². The quantitative estimate of drug-likeness (QED) is 0.544. The summed E-state index contributed by atoms with van der Waals surface area (Å²) in [5.41, 5.74) is 1.96. The van der Waals surface area contributed by atoms with Gasteiger partial charge in [-0.15, -0.1) is 0 Å². The summed E-state index contributed by atoms with van der Waals surface area (Å²) >= 11 is 0. The molecule has 1 N–H and O–H groups in total. The molecule has 0 saturated carbocycles. The van der Waals surface area contributed by atoms with Gasteiger partial charge in [-0.1, -0.05) is 49.4 Å². The van der Waals surface area contributed by atoms with Crippen LogP contribution in [-0.4, -0.2) is 50.1 Å². The molecule has 162 valence electrons.